The summed E-state index contributed by atoms with van der Waals surface area (Å²) in [7, 11) is -15.2. The van der Waals surface area contributed by atoms with Gasteiger partial charge in [0.15, 0.2) is 0 Å². The van der Waals surface area contributed by atoms with E-state index in [2.05, 4.69) is 5.32 Å². The Morgan fingerprint density at radius 3 is 1.74 bits per heavy atom. The van der Waals surface area contributed by atoms with Gasteiger partial charge in [0.25, 0.3) is 41.9 Å². The van der Waals surface area contributed by atoms with Gasteiger partial charge in [0.2, 0.25) is 0 Å². The maximum absolute atomic E-state index is 12.6. The van der Waals surface area contributed by atoms with Crippen LogP contribution in [-0.4, -0.2) is 49.7 Å². The summed E-state index contributed by atoms with van der Waals surface area (Å²) in [5.74, 6) is -1.01. The molecule has 0 saturated carbocycles. The number of non-ortho nitro benzene ring substituents is 1. The van der Waals surface area contributed by atoms with E-state index in [0.717, 1.165) is 24.3 Å². The Bertz CT molecular complexity index is 1670. The van der Waals surface area contributed by atoms with Crippen molar-refractivity contribution in [3.05, 3.63) is 64.2 Å². The summed E-state index contributed by atoms with van der Waals surface area (Å²) in [6.07, 6.45) is 0. The largest absolute Gasteiger partial charge is 0.321 e. The molecule has 0 saturated heterocycles. The van der Waals surface area contributed by atoms with Crippen molar-refractivity contribution in [1.29, 1.82) is 0 Å². The lowest BCUT2D eigenvalue weighted by atomic mass is 10.1. The van der Waals surface area contributed by atoms with Crippen LogP contribution in [0.25, 0.3) is 10.8 Å². The molecule has 0 fully saturated rings. The standard InChI is InChI=1S/C17H12N2O12S3/c20-17(9-1-3-11(4-2-9)19(21)22)18-14-7-12(32(23,24)25)5-10-6-13(33(26,27)28)8-15(16(10)14)34(29,30)31/h1-8H,(H,18,20)(H,23,24,25)(H,26,27,28)(H,29,30,31). The van der Waals surface area contributed by atoms with E-state index in [-0.39, 0.29) is 11.3 Å². The van der Waals surface area contributed by atoms with Crippen LogP contribution in [-0.2, 0) is 30.4 Å². The molecular weight excluding hydrogens is 520 g/mol. The zero-order valence-corrected chi connectivity index (χ0v) is 18.8. The third-order valence-electron chi connectivity index (χ3n) is 4.42. The first-order chi connectivity index (χ1) is 15.5. The number of hydrogen-bond acceptors (Lipinski definition) is 9. The third kappa shape index (κ3) is 5.19. The average molecular weight is 532 g/mol. The number of carbonyl (C=O) groups is 1. The molecule has 0 radical (unpaired) electrons. The van der Waals surface area contributed by atoms with Crippen LogP contribution in [0.5, 0.6) is 0 Å². The van der Waals surface area contributed by atoms with Crippen molar-refractivity contribution in [2.45, 2.75) is 14.7 Å². The quantitative estimate of drug-likeness (QED) is 0.202. The van der Waals surface area contributed by atoms with Crippen molar-refractivity contribution in [1.82, 2.24) is 0 Å². The highest BCUT2D eigenvalue weighted by Crippen LogP contribution is 2.35. The number of nitro groups is 1. The summed E-state index contributed by atoms with van der Waals surface area (Å²) in [4.78, 5) is 19.6. The molecule has 180 valence electrons. The van der Waals surface area contributed by atoms with Crippen molar-refractivity contribution in [3.63, 3.8) is 0 Å². The number of carbonyl (C=O) groups excluding carboxylic acids is 1. The molecule has 3 aromatic carbocycles. The monoisotopic (exact) mass is 532 g/mol. The number of amides is 1. The van der Waals surface area contributed by atoms with E-state index in [9.17, 15) is 53.8 Å². The molecule has 0 heterocycles. The molecule has 0 aromatic heterocycles. The summed E-state index contributed by atoms with van der Waals surface area (Å²) in [5, 5.41) is 11.9. The topological polar surface area (TPSA) is 235 Å². The summed E-state index contributed by atoms with van der Waals surface area (Å²) < 4.78 is 98.7. The lowest BCUT2D eigenvalue weighted by Gasteiger charge is -2.14. The van der Waals surface area contributed by atoms with Crippen LogP contribution < -0.4 is 5.32 Å². The SMILES string of the molecule is O=C(Nc1cc(S(=O)(=O)O)cc2cc(S(=O)(=O)O)cc(S(=O)(=O)O)c12)c1ccc([N+](=O)[O-])cc1. The fraction of sp³-hybridized carbons (Fsp3) is 0. The maximum atomic E-state index is 12.6. The first-order valence-corrected chi connectivity index (χ1v) is 12.9. The zero-order valence-electron chi connectivity index (χ0n) is 16.3. The smallest absolute Gasteiger partial charge is 0.295 e. The number of nitrogens with one attached hydrogen (secondary N) is 1. The molecule has 3 aromatic rings. The first kappa shape index (κ1) is 25.1. The number of rotatable bonds is 6. The van der Waals surface area contributed by atoms with Crippen LogP contribution in [0.3, 0.4) is 0 Å². The van der Waals surface area contributed by atoms with Crippen LogP contribution in [0.4, 0.5) is 11.4 Å². The highest BCUT2D eigenvalue weighted by atomic mass is 32.2. The Morgan fingerprint density at radius 1 is 0.794 bits per heavy atom. The van der Waals surface area contributed by atoms with Gasteiger partial charge in [0.05, 0.1) is 20.4 Å². The van der Waals surface area contributed by atoms with Gasteiger partial charge in [0, 0.05) is 23.1 Å². The van der Waals surface area contributed by atoms with Gasteiger partial charge >= 0.3 is 0 Å². The molecule has 0 aliphatic heterocycles. The van der Waals surface area contributed by atoms with E-state index < -0.39 is 72.3 Å². The Balaban J connectivity index is 2.33. The minimum Gasteiger partial charge on any atom is -0.321 e. The van der Waals surface area contributed by atoms with Crippen molar-refractivity contribution in [3.8, 4) is 0 Å². The number of nitro benzene ring substituents is 1. The number of hydrogen-bond donors (Lipinski definition) is 4. The second-order valence-corrected chi connectivity index (χ2v) is 10.9. The number of fused-ring (bicyclic) bond motifs is 1. The van der Waals surface area contributed by atoms with Crippen LogP contribution in [0, 0.1) is 10.1 Å². The van der Waals surface area contributed by atoms with E-state index in [1.54, 1.807) is 0 Å². The lowest BCUT2D eigenvalue weighted by molar-refractivity contribution is -0.384. The number of nitrogens with zero attached hydrogens (tertiary/aromatic N) is 1. The Morgan fingerprint density at radius 2 is 1.29 bits per heavy atom. The molecule has 0 aliphatic carbocycles. The van der Waals surface area contributed by atoms with Crippen LogP contribution in [0.1, 0.15) is 10.4 Å². The van der Waals surface area contributed by atoms with E-state index in [1.807, 2.05) is 0 Å². The molecule has 0 atom stereocenters. The van der Waals surface area contributed by atoms with Crippen molar-refractivity contribution in [2.24, 2.45) is 0 Å². The second kappa shape index (κ2) is 8.38. The van der Waals surface area contributed by atoms with Gasteiger partial charge in [-0.3, -0.25) is 28.6 Å². The van der Waals surface area contributed by atoms with Crippen LogP contribution in [0.2, 0.25) is 0 Å². The summed E-state index contributed by atoms with van der Waals surface area (Å²) >= 11 is 0. The van der Waals surface area contributed by atoms with Gasteiger partial charge in [-0.05, 0) is 41.8 Å². The summed E-state index contributed by atoms with van der Waals surface area (Å²) in [6, 6.07) is 6.38. The minimum absolute atomic E-state index is 0.182. The predicted octanol–water partition coefficient (Wildman–Crippen LogP) is 1.74. The zero-order chi connectivity index (χ0) is 25.6. The lowest BCUT2D eigenvalue weighted by Crippen LogP contribution is -2.14. The van der Waals surface area contributed by atoms with Gasteiger partial charge in [-0.15, -0.1) is 0 Å². The van der Waals surface area contributed by atoms with Crippen molar-refractivity contribution >= 4 is 58.4 Å². The van der Waals surface area contributed by atoms with Crippen molar-refractivity contribution < 1.29 is 48.6 Å². The van der Waals surface area contributed by atoms with Crippen molar-refractivity contribution in [2.75, 3.05) is 5.32 Å². The number of anilines is 1. The van der Waals surface area contributed by atoms with Gasteiger partial charge in [0.1, 0.15) is 4.90 Å². The van der Waals surface area contributed by atoms with Gasteiger partial charge in [-0.25, -0.2) is 0 Å². The molecule has 1 amide bonds. The van der Waals surface area contributed by atoms with E-state index in [1.165, 1.54) is 0 Å². The van der Waals surface area contributed by atoms with Crippen LogP contribution >= 0.6 is 0 Å². The highest BCUT2D eigenvalue weighted by molar-refractivity contribution is 7.87. The maximum Gasteiger partial charge on any atom is 0.295 e. The fourth-order valence-electron chi connectivity index (χ4n) is 2.95. The molecule has 3 rings (SSSR count). The Hall–Kier alpha value is -3.48. The molecule has 4 N–H and O–H groups in total. The Kier molecular flexibility index (Phi) is 6.20. The van der Waals surface area contributed by atoms with Gasteiger partial charge < -0.3 is 5.32 Å². The molecule has 14 nitrogen and oxygen atoms in total. The van der Waals surface area contributed by atoms with E-state index in [0.29, 0.717) is 24.3 Å². The molecule has 0 unspecified atom stereocenters. The average Bonchev–Trinajstić information content (AvgIpc) is 2.70. The molecule has 0 aliphatic rings. The normalized spacial score (nSPS) is 12.4. The Labute approximate surface area is 191 Å². The van der Waals surface area contributed by atoms with E-state index >= 15 is 0 Å². The molecule has 0 bridgehead atoms. The molecule has 0 spiro atoms. The first-order valence-electron chi connectivity index (χ1n) is 8.58. The van der Waals surface area contributed by atoms with Crippen LogP contribution in [0.15, 0.2) is 63.2 Å². The number of benzene rings is 3. The summed E-state index contributed by atoms with van der Waals surface area (Å²) in [5.41, 5.74) is -1.12. The third-order valence-corrected chi connectivity index (χ3v) is 6.96. The van der Waals surface area contributed by atoms with E-state index in [4.69, 9.17) is 0 Å². The fourth-order valence-corrected chi connectivity index (χ4v) is 4.87. The molecular formula is C17H12N2O12S3. The molecule has 34 heavy (non-hydrogen) atoms. The van der Waals surface area contributed by atoms with Gasteiger partial charge in [-0.2, -0.15) is 25.3 Å². The minimum atomic E-state index is -5.21. The highest BCUT2D eigenvalue weighted by Gasteiger charge is 2.25. The summed E-state index contributed by atoms with van der Waals surface area (Å²) in [6.45, 7) is 0. The second-order valence-electron chi connectivity index (χ2n) is 6.67. The predicted molar refractivity (Wildman–Crippen MR) is 114 cm³/mol. The molecule has 17 heteroatoms. The van der Waals surface area contributed by atoms with Gasteiger partial charge in [-0.1, -0.05) is 0 Å².